The minimum absolute atomic E-state index is 0.309. The zero-order valence-corrected chi connectivity index (χ0v) is 16.1. The SMILES string of the molecule is CC(C)c1nccn1CCC1CCN(C(=O)CCc2ccccc2)CC1. The summed E-state index contributed by atoms with van der Waals surface area (Å²) in [5.41, 5.74) is 1.25. The maximum atomic E-state index is 12.5. The number of rotatable bonds is 7. The predicted molar refractivity (Wildman–Crippen MR) is 105 cm³/mol. The Morgan fingerprint density at radius 3 is 2.62 bits per heavy atom. The monoisotopic (exact) mass is 353 g/mol. The van der Waals surface area contributed by atoms with Gasteiger partial charge in [-0.15, -0.1) is 0 Å². The first-order valence-corrected chi connectivity index (χ1v) is 9.96. The van der Waals surface area contributed by atoms with Crippen LogP contribution in [0, 0.1) is 5.92 Å². The lowest BCUT2D eigenvalue weighted by atomic mass is 9.93. The van der Waals surface area contributed by atoms with E-state index < -0.39 is 0 Å². The summed E-state index contributed by atoms with van der Waals surface area (Å²) >= 11 is 0. The highest BCUT2D eigenvalue weighted by Crippen LogP contribution is 2.23. The molecule has 2 heterocycles. The van der Waals surface area contributed by atoms with Gasteiger partial charge in [0.2, 0.25) is 5.91 Å². The number of likely N-dealkylation sites (tertiary alicyclic amines) is 1. The Morgan fingerprint density at radius 2 is 1.92 bits per heavy atom. The first kappa shape index (κ1) is 18.7. The first-order valence-electron chi connectivity index (χ1n) is 9.96. The molecule has 1 aromatic carbocycles. The molecule has 0 atom stereocenters. The fourth-order valence-corrected chi connectivity index (χ4v) is 3.86. The van der Waals surface area contributed by atoms with Gasteiger partial charge < -0.3 is 9.47 Å². The number of nitrogens with zero attached hydrogens (tertiary/aromatic N) is 3. The molecule has 1 saturated heterocycles. The van der Waals surface area contributed by atoms with Crippen LogP contribution in [-0.2, 0) is 17.8 Å². The second-order valence-electron chi connectivity index (χ2n) is 7.73. The average Bonchev–Trinajstić information content (AvgIpc) is 3.15. The molecule has 4 nitrogen and oxygen atoms in total. The number of piperidine rings is 1. The van der Waals surface area contributed by atoms with Crippen molar-refractivity contribution in [3.8, 4) is 0 Å². The number of aryl methyl sites for hydroxylation is 2. The molecule has 1 aromatic heterocycles. The van der Waals surface area contributed by atoms with Gasteiger partial charge >= 0.3 is 0 Å². The van der Waals surface area contributed by atoms with Gasteiger partial charge in [-0.3, -0.25) is 4.79 Å². The summed E-state index contributed by atoms with van der Waals surface area (Å²) in [5.74, 6) is 2.67. The molecule has 0 aliphatic carbocycles. The van der Waals surface area contributed by atoms with Gasteiger partial charge in [-0.1, -0.05) is 44.2 Å². The van der Waals surface area contributed by atoms with E-state index in [1.54, 1.807) is 0 Å². The summed E-state index contributed by atoms with van der Waals surface area (Å²) in [4.78, 5) is 19.0. The molecule has 140 valence electrons. The Bertz CT molecular complexity index is 684. The number of hydrogen-bond acceptors (Lipinski definition) is 2. The van der Waals surface area contributed by atoms with Gasteiger partial charge in [-0.25, -0.2) is 4.98 Å². The molecule has 3 rings (SSSR count). The second kappa shape index (κ2) is 9.02. The molecule has 1 fully saturated rings. The normalized spacial score (nSPS) is 15.6. The topological polar surface area (TPSA) is 38.1 Å². The highest BCUT2D eigenvalue weighted by Gasteiger charge is 2.22. The molecule has 1 amide bonds. The van der Waals surface area contributed by atoms with Gasteiger partial charge in [-0.05, 0) is 37.2 Å². The van der Waals surface area contributed by atoms with E-state index in [0.29, 0.717) is 18.2 Å². The van der Waals surface area contributed by atoms with Crippen molar-refractivity contribution in [3.05, 3.63) is 54.1 Å². The summed E-state index contributed by atoms with van der Waals surface area (Å²) in [6, 6.07) is 10.3. The number of carbonyl (C=O) groups is 1. The van der Waals surface area contributed by atoms with E-state index in [2.05, 4.69) is 46.6 Å². The standard InChI is InChI=1S/C22H31N3O/c1-18(2)22-23-13-17-25(22)16-12-20-10-14-24(15-11-20)21(26)9-8-19-6-4-3-5-7-19/h3-7,13,17-18,20H,8-12,14-16H2,1-2H3. The van der Waals surface area contributed by atoms with E-state index in [0.717, 1.165) is 44.8 Å². The van der Waals surface area contributed by atoms with Crippen molar-refractivity contribution in [3.63, 3.8) is 0 Å². The van der Waals surface area contributed by atoms with Crippen LogP contribution >= 0.6 is 0 Å². The van der Waals surface area contributed by atoms with Gasteiger partial charge in [0.15, 0.2) is 0 Å². The van der Waals surface area contributed by atoms with Crippen molar-refractivity contribution in [2.75, 3.05) is 13.1 Å². The van der Waals surface area contributed by atoms with Crippen LogP contribution in [0.25, 0.3) is 0 Å². The summed E-state index contributed by atoms with van der Waals surface area (Å²) < 4.78 is 2.29. The Balaban J connectivity index is 1.39. The lowest BCUT2D eigenvalue weighted by molar-refractivity contribution is -0.132. The predicted octanol–water partition coefficient (Wildman–Crippen LogP) is 4.27. The molecule has 1 aliphatic rings. The number of imidazole rings is 1. The minimum atomic E-state index is 0.309. The van der Waals surface area contributed by atoms with Crippen LogP contribution in [0.3, 0.4) is 0 Å². The minimum Gasteiger partial charge on any atom is -0.343 e. The van der Waals surface area contributed by atoms with Crippen LogP contribution in [-0.4, -0.2) is 33.4 Å². The highest BCUT2D eigenvalue weighted by molar-refractivity contribution is 5.76. The molecule has 0 bridgehead atoms. The third-order valence-corrected chi connectivity index (χ3v) is 5.48. The Labute approximate surface area is 157 Å². The zero-order valence-electron chi connectivity index (χ0n) is 16.1. The summed E-state index contributed by atoms with van der Waals surface area (Å²) in [5, 5.41) is 0. The second-order valence-corrected chi connectivity index (χ2v) is 7.73. The Hall–Kier alpha value is -2.10. The molecule has 4 heteroatoms. The zero-order chi connectivity index (χ0) is 18.4. The van der Waals surface area contributed by atoms with Crippen LogP contribution < -0.4 is 0 Å². The van der Waals surface area contributed by atoms with Crippen molar-refractivity contribution in [2.45, 2.75) is 58.4 Å². The smallest absolute Gasteiger partial charge is 0.222 e. The number of aromatic nitrogens is 2. The molecule has 0 radical (unpaired) electrons. The maximum Gasteiger partial charge on any atom is 0.222 e. The largest absolute Gasteiger partial charge is 0.343 e. The lowest BCUT2D eigenvalue weighted by Crippen LogP contribution is -2.38. The van der Waals surface area contributed by atoms with E-state index in [4.69, 9.17) is 0 Å². The molecule has 26 heavy (non-hydrogen) atoms. The van der Waals surface area contributed by atoms with Crippen molar-refractivity contribution in [1.29, 1.82) is 0 Å². The fourth-order valence-electron chi connectivity index (χ4n) is 3.86. The van der Waals surface area contributed by atoms with Gasteiger partial charge in [-0.2, -0.15) is 0 Å². The van der Waals surface area contributed by atoms with Crippen LogP contribution in [0.2, 0.25) is 0 Å². The third-order valence-electron chi connectivity index (χ3n) is 5.48. The fraction of sp³-hybridized carbons (Fsp3) is 0.545. The van der Waals surface area contributed by atoms with Crippen LogP contribution in [0.1, 0.15) is 56.8 Å². The molecule has 0 unspecified atom stereocenters. The molecule has 0 N–H and O–H groups in total. The van der Waals surface area contributed by atoms with Crippen LogP contribution in [0.4, 0.5) is 0 Å². The summed E-state index contributed by atoms with van der Waals surface area (Å²) in [6.45, 7) is 7.26. The van der Waals surface area contributed by atoms with Crippen molar-refractivity contribution in [2.24, 2.45) is 5.92 Å². The van der Waals surface area contributed by atoms with Gasteiger partial charge in [0.1, 0.15) is 5.82 Å². The number of benzene rings is 1. The van der Waals surface area contributed by atoms with Gasteiger partial charge in [0.25, 0.3) is 0 Å². The lowest BCUT2D eigenvalue weighted by Gasteiger charge is -2.32. The van der Waals surface area contributed by atoms with Crippen molar-refractivity contribution >= 4 is 5.91 Å². The first-order chi connectivity index (χ1) is 12.6. The highest BCUT2D eigenvalue weighted by atomic mass is 16.2. The van der Waals surface area contributed by atoms with E-state index in [-0.39, 0.29) is 0 Å². The molecule has 1 aliphatic heterocycles. The molecule has 0 spiro atoms. The molecular weight excluding hydrogens is 322 g/mol. The van der Waals surface area contributed by atoms with Crippen molar-refractivity contribution < 1.29 is 4.79 Å². The quantitative estimate of drug-likeness (QED) is 0.745. The molecule has 0 saturated carbocycles. The number of carbonyl (C=O) groups excluding carboxylic acids is 1. The summed E-state index contributed by atoms with van der Waals surface area (Å²) in [7, 11) is 0. The summed E-state index contributed by atoms with van der Waals surface area (Å²) in [6.07, 6.45) is 8.91. The van der Waals surface area contributed by atoms with E-state index >= 15 is 0 Å². The average molecular weight is 354 g/mol. The van der Waals surface area contributed by atoms with E-state index in [1.807, 2.05) is 24.4 Å². The number of amides is 1. The molecule has 2 aromatic rings. The van der Waals surface area contributed by atoms with Crippen LogP contribution in [0.15, 0.2) is 42.7 Å². The van der Waals surface area contributed by atoms with E-state index in [1.165, 1.54) is 17.8 Å². The van der Waals surface area contributed by atoms with Crippen LogP contribution in [0.5, 0.6) is 0 Å². The van der Waals surface area contributed by atoms with E-state index in [9.17, 15) is 4.79 Å². The number of hydrogen-bond donors (Lipinski definition) is 0. The van der Waals surface area contributed by atoms with Crippen molar-refractivity contribution in [1.82, 2.24) is 14.5 Å². The van der Waals surface area contributed by atoms with Gasteiger partial charge in [0.05, 0.1) is 0 Å². The Morgan fingerprint density at radius 1 is 1.19 bits per heavy atom. The maximum absolute atomic E-state index is 12.5. The molecular formula is C22H31N3O. The van der Waals surface area contributed by atoms with Gasteiger partial charge in [0, 0.05) is 44.4 Å². The Kier molecular flexibility index (Phi) is 6.48. The third kappa shape index (κ3) is 4.96.